The zero-order valence-electron chi connectivity index (χ0n) is 14.4. The number of hydrogen-bond acceptors (Lipinski definition) is 3. The predicted octanol–water partition coefficient (Wildman–Crippen LogP) is 4.01. The summed E-state index contributed by atoms with van der Waals surface area (Å²) in [7, 11) is 2.21. The molecule has 0 spiro atoms. The van der Waals surface area contributed by atoms with Crippen LogP contribution < -0.4 is 0 Å². The van der Waals surface area contributed by atoms with E-state index in [1.165, 1.54) is 25.7 Å². The standard InChI is InChI=1S/C18H33NO2/c1-5-12-21-16(20)13-18(10-11-18)19(4)14-15-6-8-17(2,3)9-7-15/h15H,5-14H2,1-4H3. The summed E-state index contributed by atoms with van der Waals surface area (Å²) in [5, 5.41) is 0. The molecule has 2 rings (SSSR count). The van der Waals surface area contributed by atoms with Crippen molar-refractivity contribution < 1.29 is 9.53 Å². The summed E-state index contributed by atoms with van der Waals surface area (Å²) >= 11 is 0. The number of esters is 1. The summed E-state index contributed by atoms with van der Waals surface area (Å²) in [6, 6.07) is 0. The van der Waals surface area contributed by atoms with Crippen molar-refractivity contribution in [3.8, 4) is 0 Å². The molecule has 0 bridgehead atoms. The van der Waals surface area contributed by atoms with Crippen LogP contribution in [0.25, 0.3) is 0 Å². The molecular formula is C18H33NO2. The van der Waals surface area contributed by atoms with Crippen LogP contribution in [0.5, 0.6) is 0 Å². The summed E-state index contributed by atoms with van der Waals surface area (Å²) in [5.41, 5.74) is 0.661. The average Bonchev–Trinajstić information content (AvgIpc) is 3.19. The van der Waals surface area contributed by atoms with Crippen molar-refractivity contribution in [1.82, 2.24) is 4.90 Å². The molecule has 0 saturated heterocycles. The van der Waals surface area contributed by atoms with Crippen LogP contribution >= 0.6 is 0 Å². The van der Waals surface area contributed by atoms with Crippen molar-refractivity contribution >= 4 is 5.97 Å². The summed E-state index contributed by atoms with van der Waals surface area (Å²) in [6.07, 6.45) is 9.18. The maximum absolute atomic E-state index is 11.9. The molecule has 0 N–H and O–H groups in total. The van der Waals surface area contributed by atoms with Gasteiger partial charge in [0.25, 0.3) is 0 Å². The van der Waals surface area contributed by atoms with Gasteiger partial charge in [-0.3, -0.25) is 9.69 Å². The number of nitrogens with zero attached hydrogens (tertiary/aromatic N) is 1. The molecule has 2 aliphatic rings. The van der Waals surface area contributed by atoms with Crippen LogP contribution in [0.2, 0.25) is 0 Å². The second-order valence-electron chi connectivity index (χ2n) is 8.11. The van der Waals surface area contributed by atoms with E-state index in [4.69, 9.17) is 4.74 Å². The van der Waals surface area contributed by atoms with E-state index in [1.54, 1.807) is 0 Å². The van der Waals surface area contributed by atoms with Gasteiger partial charge in [0.2, 0.25) is 0 Å². The van der Waals surface area contributed by atoms with Crippen LogP contribution in [0.3, 0.4) is 0 Å². The van der Waals surface area contributed by atoms with E-state index in [-0.39, 0.29) is 11.5 Å². The molecule has 0 unspecified atom stereocenters. The number of carbonyl (C=O) groups excluding carboxylic acids is 1. The normalized spacial score (nSPS) is 24.0. The Morgan fingerprint density at radius 3 is 2.33 bits per heavy atom. The van der Waals surface area contributed by atoms with E-state index in [0.717, 1.165) is 31.7 Å². The van der Waals surface area contributed by atoms with E-state index < -0.39 is 0 Å². The van der Waals surface area contributed by atoms with Crippen molar-refractivity contribution in [3.63, 3.8) is 0 Å². The minimum absolute atomic E-state index is 0.00835. The Morgan fingerprint density at radius 1 is 1.19 bits per heavy atom. The number of rotatable bonds is 7. The fourth-order valence-electron chi connectivity index (χ4n) is 3.60. The zero-order valence-corrected chi connectivity index (χ0v) is 14.4. The summed E-state index contributed by atoms with van der Waals surface area (Å²) in [6.45, 7) is 8.53. The van der Waals surface area contributed by atoms with E-state index >= 15 is 0 Å². The lowest BCUT2D eigenvalue weighted by Crippen LogP contribution is -2.40. The first-order valence-corrected chi connectivity index (χ1v) is 8.74. The molecule has 122 valence electrons. The molecule has 0 atom stereocenters. The molecule has 0 aromatic rings. The highest BCUT2D eigenvalue weighted by atomic mass is 16.5. The van der Waals surface area contributed by atoms with Gasteiger partial charge in [-0.05, 0) is 63.3 Å². The minimum Gasteiger partial charge on any atom is -0.466 e. The van der Waals surface area contributed by atoms with Crippen LogP contribution in [0.15, 0.2) is 0 Å². The first kappa shape index (κ1) is 16.8. The van der Waals surface area contributed by atoms with E-state index in [0.29, 0.717) is 18.4 Å². The third-order valence-corrected chi connectivity index (χ3v) is 5.57. The molecule has 3 nitrogen and oxygen atoms in total. The van der Waals surface area contributed by atoms with Crippen LogP contribution in [-0.4, -0.2) is 36.6 Å². The molecule has 21 heavy (non-hydrogen) atoms. The molecule has 0 aliphatic heterocycles. The minimum atomic E-state index is -0.00835. The maximum atomic E-state index is 11.9. The highest BCUT2D eigenvalue weighted by Crippen LogP contribution is 2.46. The third-order valence-electron chi connectivity index (χ3n) is 5.57. The maximum Gasteiger partial charge on any atom is 0.307 e. The smallest absolute Gasteiger partial charge is 0.307 e. The fourth-order valence-corrected chi connectivity index (χ4v) is 3.60. The SMILES string of the molecule is CCCOC(=O)CC1(N(C)CC2CCC(C)(C)CC2)CC1. The van der Waals surface area contributed by atoms with Crippen molar-refractivity contribution in [2.24, 2.45) is 11.3 Å². The second kappa shape index (κ2) is 6.68. The Bertz CT molecular complexity index is 350. The lowest BCUT2D eigenvalue weighted by molar-refractivity contribution is -0.145. The summed E-state index contributed by atoms with van der Waals surface area (Å²) in [5.74, 6) is 0.804. The number of carbonyl (C=O) groups is 1. The van der Waals surface area contributed by atoms with Crippen LogP contribution in [-0.2, 0) is 9.53 Å². The highest BCUT2D eigenvalue weighted by molar-refractivity contribution is 5.71. The fraction of sp³-hybridized carbons (Fsp3) is 0.944. The van der Waals surface area contributed by atoms with Gasteiger partial charge >= 0.3 is 5.97 Å². The average molecular weight is 295 g/mol. The molecule has 0 aromatic heterocycles. The van der Waals surface area contributed by atoms with Crippen molar-refractivity contribution in [2.45, 2.75) is 77.7 Å². The van der Waals surface area contributed by atoms with Crippen LogP contribution in [0.1, 0.15) is 72.1 Å². The Balaban J connectivity index is 1.77. The van der Waals surface area contributed by atoms with Crippen molar-refractivity contribution in [3.05, 3.63) is 0 Å². The molecule has 2 saturated carbocycles. The topological polar surface area (TPSA) is 29.5 Å². The summed E-state index contributed by atoms with van der Waals surface area (Å²) in [4.78, 5) is 14.4. The van der Waals surface area contributed by atoms with Gasteiger partial charge in [0.05, 0.1) is 13.0 Å². The van der Waals surface area contributed by atoms with Crippen molar-refractivity contribution in [2.75, 3.05) is 20.2 Å². The van der Waals surface area contributed by atoms with Gasteiger partial charge in [-0.25, -0.2) is 0 Å². The van der Waals surface area contributed by atoms with E-state index in [9.17, 15) is 4.79 Å². The molecular weight excluding hydrogens is 262 g/mol. The zero-order chi connectivity index (χ0) is 15.5. The lowest BCUT2D eigenvalue weighted by Gasteiger charge is -2.38. The van der Waals surface area contributed by atoms with Gasteiger partial charge in [-0.1, -0.05) is 20.8 Å². The largest absolute Gasteiger partial charge is 0.466 e. The Kier molecular flexibility index (Phi) is 5.34. The molecule has 0 amide bonds. The van der Waals surface area contributed by atoms with Gasteiger partial charge < -0.3 is 4.74 Å². The Hall–Kier alpha value is -0.570. The van der Waals surface area contributed by atoms with Gasteiger partial charge in [-0.2, -0.15) is 0 Å². The quantitative estimate of drug-likeness (QED) is 0.665. The third kappa shape index (κ3) is 4.70. The molecule has 3 heteroatoms. The van der Waals surface area contributed by atoms with Gasteiger partial charge in [0, 0.05) is 12.1 Å². The Labute approximate surface area is 130 Å². The number of ether oxygens (including phenoxy) is 1. The monoisotopic (exact) mass is 295 g/mol. The van der Waals surface area contributed by atoms with Gasteiger partial charge in [0.15, 0.2) is 0 Å². The van der Waals surface area contributed by atoms with E-state index in [2.05, 4.69) is 25.8 Å². The highest BCUT2D eigenvalue weighted by Gasteiger charge is 2.48. The van der Waals surface area contributed by atoms with Gasteiger partial charge in [0.1, 0.15) is 0 Å². The molecule has 2 fully saturated rings. The number of hydrogen-bond donors (Lipinski definition) is 0. The summed E-state index contributed by atoms with van der Waals surface area (Å²) < 4.78 is 5.27. The predicted molar refractivity (Wildman–Crippen MR) is 86.2 cm³/mol. The van der Waals surface area contributed by atoms with Crippen LogP contribution in [0, 0.1) is 11.3 Å². The second-order valence-corrected chi connectivity index (χ2v) is 8.11. The molecule has 0 heterocycles. The van der Waals surface area contributed by atoms with Crippen molar-refractivity contribution in [1.29, 1.82) is 0 Å². The molecule has 0 radical (unpaired) electrons. The van der Waals surface area contributed by atoms with E-state index in [1.807, 2.05) is 6.92 Å². The lowest BCUT2D eigenvalue weighted by atomic mass is 9.73. The first-order chi connectivity index (χ1) is 9.87. The van der Waals surface area contributed by atoms with Crippen LogP contribution in [0.4, 0.5) is 0 Å². The first-order valence-electron chi connectivity index (χ1n) is 8.74. The molecule has 0 aromatic carbocycles. The Morgan fingerprint density at radius 2 is 1.81 bits per heavy atom. The van der Waals surface area contributed by atoms with Gasteiger partial charge in [-0.15, -0.1) is 0 Å². The molecule has 2 aliphatic carbocycles.